The van der Waals surface area contributed by atoms with Gasteiger partial charge in [0.15, 0.2) is 0 Å². The van der Waals surface area contributed by atoms with Crippen LogP contribution in [-0.2, 0) is 4.74 Å². The van der Waals surface area contributed by atoms with E-state index in [0.29, 0.717) is 0 Å². The molecule has 1 atom stereocenters. The second kappa shape index (κ2) is 5.22. The number of hydrogen-bond acceptors (Lipinski definition) is 5. The summed E-state index contributed by atoms with van der Waals surface area (Å²) in [5.41, 5.74) is -0.425. The molecule has 6 nitrogen and oxygen atoms in total. The second-order valence-corrected chi connectivity index (χ2v) is 3.22. The first-order valence-corrected chi connectivity index (χ1v) is 4.61. The lowest BCUT2D eigenvalue weighted by atomic mass is 10.2. The van der Waals surface area contributed by atoms with Gasteiger partial charge in [0.05, 0.1) is 11.0 Å². The average molecular weight is 225 g/mol. The molecule has 0 amide bonds. The SMILES string of the molecule is CC(O)COC(=O)c1ccccc1[N+](=O)[O-]. The van der Waals surface area contributed by atoms with E-state index in [0.717, 1.165) is 0 Å². The third-order valence-corrected chi connectivity index (χ3v) is 1.78. The fourth-order valence-electron chi connectivity index (χ4n) is 1.08. The number of hydrogen-bond donors (Lipinski definition) is 1. The van der Waals surface area contributed by atoms with Gasteiger partial charge in [-0.1, -0.05) is 12.1 Å². The van der Waals surface area contributed by atoms with Crippen molar-refractivity contribution in [2.45, 2.75) is 13.0 Å². The van der Waals surface area contributed by atoms with E-state index in [1.807, 2.05) is 0 Å². The molecule has 0 aromatic heterocycles. The Kier molecular flexibility index (Phi) is 3.96. The normalized spacial score (nSPS) is 11.9. The molecule has 0 aliphatic carbocycles. The molecule has 0 bridgehead atoms. The first kappa shape index (κ1) is 12.1. The molecule has 1 N–H and O–H groups in total. The van der Waals surface area contributed by atoms with Crippen molar-refractivity contribution in [3.8, 4) is 0 Å². The lowest BCUT2D eigenvalue weighted by molar-refractivity contribution is -0.385. The van der Waals surface area contributed by atoms with E-state index in [1.165, 1.54) is 31.2 Å². The molecular weight excluding hydrogens is 214 g/mol. The van der Waals surface area contributed by atoms with Crippen LogP contribution in [0.25, 0.3) is 0 Å². The van der Waals surface area contributed by atoms with E-state index in [2.05, 4.69) is 4.74 Å². The Morgan fingerprint density at radius 3 is 2.75 bits per heavy atom. The van der Waals surface area contributed by atoms with Crippen LogP contribution in [0.5, 0.6) is 0 Å². The second-order valence-electron chi connectivity index (χ2n) is 3.22. The van der Waals surface area contributed by atoms with Crippen LogP contribution < -0.4 is 0 Å². The number of nitro benzene ring substituents is 1. The number of benzene rings is 1. The van der Waals surface area contributed by atoms with Crippen LogP contribution in [0.2, 0.25) is 0 Å². The summed E-state index contributed by atoms with van der Waals surface area (Å²) in [5, 5.41) is 19.5. The van der Waals surface area contributed by atoms with Gasteiger partial charge in [-0.2, -0.15) is 0 Å². The van der Waals surface area contributed by atoms with Gasteiger partial charge in [-0.15, -0.1) is 0 Å². The fraction of sp³-hybridized carbons (Fsp3) is 0.300. The predicted molar refractivity (Wildman–Crippen MR) is 55.1 cm³/mol. The fourth-order valence-corrected chi connectivity index (χ4v) is 1.08. The number of para-hydroxylation sites is 1. The van der Waals surface area contributed by atoms with Crippen molar-refractivity contribution in [3.63, 3.8) is 0 Å². The summed E-state index contributed by atoms with van der Waals surface area (Å²) >= 11 is 0. The molecule has 0 aliphatic rings. The minimum Gasteiger partial charge on any atom is -0.459 e. The smallest absolute Gasteiger partial charge is 0.345 e. The molecule has 16 heavy (non-hydrogen) atoms. The quantitative estimate of drug-likeness (QED) is 0.471. The molecule has 1 rings (SSSR count). The summed E-state index contributed by atoms with van der Waals surface area (Å²) in [4.78, 5) is 21.4. The van der Waals surface area contributed by atoms with Crippen molar-refractivity contribution in [1.29, 1.82) is 0 Å². The number of nitrogens with zero attached hydrogens (tertiary/aromatic N) is 1. The molecule has 1 unspecified atom stereocenters. The number of nitro groups is 1. The molecular formula is C10H11NO5. The minimum absolute atomic E-state index is 0.117. The number of aliphatic hydroxyl groups is 1. The maximum atomic E-state index is 11.4. The van der Waals surface area contributed by atoms with Crippen molar-refractivity contribution in [2.24, 2.45) is 0 Å². The zero-order valence-electron chi connectivity index (χ0n) is 8.62. The summed E-state index contributed by atoms with van der Waals surface area (Å²) in [6.07, 6.45) is -0.799. The Morgan fingerprint density at radius 2 is 2.19 bits per heavy atom. The van der Waals surface area contributed by atoms with Crippen LogP contribution in [0.4, 0.5) is 5.69 Å². The molecule has 0 fully saturated rings. The number of ether oxygens (including phenoxy) is 1. The third kappa shape index (κ3) is 3.03. The van der Waals surface area contributed by atoms with Crippen LogP contribution in [0, 0.1) is 10.1 Å². The van der Waals surface area contributed by atoms with Crippen LogP contribution in [0.1, 0.15) is 17.3 Å². The molecule has 0 saturated heterocycles. The zero-order valence-corrected chi connectivity index (χ0v) is 8.62. The summed E-state index contributed by atoms with van der Waals surface area (Å²) in [5.74, 6) is -0.812. The highest BCUT2D eigenvalue weighted by Gasteiger charge is 2.20. The first-order valence-electron chi connectivity index (χ1n) is 4.61. The lowest BCUT2D eigenvalue weighted by Crippen LogP contribution is -2.16. The number of aliphatic hydroxyl groups excluding tert-OH is 1. The highest BCUT2D eigenvalue weighted by atomic mass is 16.6. The Labute approximate surface area is 91.6 Å². The van der Waals surface area contributed by atoms with Gasteiger partial charge in [0.1, 0.15) is 12.2 Å². The van der Waals surface area contributed by atoms with E-state index in [4.69, 9.17) is 5.11 Å². The van der Waals surface area contributed by atoms with Crippen LogP contribution in [0.3, 0.4) is 0 Å². The molecule has 1 aromatic rings. The van der Waals surface area contributed by atoms with E-state index < -0.39 is 17.0 Å². The van der Waals surface area contributed by atoms with Gasteiger partial charge in [0.25, 0.3) is 5.69 Å². The molecule has 1 aromatic carbocycles. The Morgan fingerprint density at radius 1 is 1.56 bits per heavy atom. The number of rotatable bonds is 4. The van der Waals surface area contributed by atoms with Crippen LogP contribution in [-0.4, -0.2) is 28.7 Å². The topological polar surface area (TPSA) is 89.7 Å². The molecule has 86 valence electrons. The maximum Gasteiger partial charge on any atom is 0.345 e. The molecule has 0 heterocycles. The number of esters is 1. The van der Waals surface area contributed by atoms with Gasteiger partial charge in [-0.05, 0) is 13.0 Å². The van der Waals surface area contributed by atoms with E-state index >= 15 is 0 Å². The standard InChI is InChI=1S/C10H11NO5/c1-7(12)6-16-10(13)8-4-2-3-5-9(8)11(14)15/h2-5,7,12H,6H2,1H3. The maximum absolute atomic E-state index is 11.4. The van der Waals surface area contributed by atoms with Gasteiger partial charge in [0.2, 0.25) is 0 Å². The van der Waals surface area contributed by atoms with Gasteiger partial charge in [0, 0.05) is 6.07 Å². The third-order valence-electron chi connectivity index (χ3n) is 1.78. The van der Waals surface area contributed by atoms with E-state index in [9.17, 15) is 14.9 Å². The number of carbonyl (C=O) groups is 1. The molecule has 0 spiro atoms. The summed E-state index contributed by atoms with van der Waals surface area (Å²) in [6.45, 7) is 1.26. The molecule has 0 saturated carbocycles. The van der Waals surface area contributed by atoms with Crippen LogP contribution in [0.15, 0.2) is 24.3 Å². The molecule has 0 radical (unpaired) electrons. The first-order chi connectivity index (χ1) is 7.52. The Balaban J connectivity index is 2.86. The number of carbonyl (C=O) groups excluding carboxylic acids is 1. The Hall–Kier alpha value is -1.95. The molecule has 6 heteroatoms. The highest BCUT2D eigenvalue weighted by molar-refractivity contribution is 5.93. The van der Waals surface area contributed by atoms with Crippen molar-refractivity contribution in [2.75, 3.05) is 6.61 Å². The van der Waals surface area contributed by atoms with E-state index in [-0.39, 0.29) is 17.9 Å². The summed E-state index contributed by atoms with van der Waals surface area (Å²) < 4.78 is 4.69. The minimum atomic E-state index is -0.812. The van der Waals surface area contributed by atoms with Gasteiger partial charge in [-0.25, -0.2) is 4.79 Å². The average Bonchev–Trinajstić information content (AvgIpc) is 2.25. The predicted octanol–water partition coefficient (Wildman–Crippen LogP) is 1.13. The van der Waals surface area contributed by atoms with Crippen molar-refractivity contribution in [3.05, 3.63) is 39.9 Å². The molecule has 0 aliphatic heterocycles. The van der Waals surface area contributed by atoms with Gasteiger partial charge in [-0.3, -0.25) is 10.1 Å². The lowest BCUT2D eigenvalue weighted by Gasteiger charge is -2.06. The Bertz CT molecular complexity index is 402. The van der Waals surface area contributed by atoms with Gasteiger partial charge >= 0.3 is 5.97 Å². The largest absolute Gasteiger partial charge is 0.459 e. The van der Waals surface area contributed by atoms with Crippen molar-refractivity contribution < 1.29 is 19.6 Å². The highest BCUT2D eigenvalue weighted by Crippen LogP contribution is 2.18. The van der Waals surface area contributed by atoms with Crippen molar-refractivity contribution in [1.82, 2.24) is 0 Å². The summed E-state index contributed by atoms with van der Waals surface area (Å²) in [7, 11) is 0. The van der Waals surface area contributed by atoms with Crippen LogP contribution >= 0.6 is 0 Å². The zero-order chi connectivity index (χ0) is 12.1. The summed E-state index contributed by atoms with van der Waals surface area (Å²) in [6, 6.07) is 5.50. The monoisotopic (exact) mass is 225 g/mol. The van der Waals surface area contributed by atoms with E-state index in [1.54, 1.807) is 0 Å². The van der Waals surface area contributed by atoms with Gasteiger partial charge < -0.3 is 9.84 Å². The van der Waals surface area contributed by atoms with Crippen molar-refractivity contribution >= 4 is 11.7 Å².